The van der Waals surface area contributed by atoms with Crippen LogP contribution < -0.4 is 18.9 Å². The molecule has 16 heavy (non-hydrogen) atoms. The molecular formula is C9H8Cl5LiO. The topological polar surface area (TPSA) is 20.2 Å². The predicted octanol–water partition coefficient (Wildman–Crippen LogP) is 2.14. The van der Waals surface area contributed by atoms with Gasteiger partial charge in [-0.2, -0.15) is 23.2 Å². The maximum Gasteiger partial charge on any atom is 1.00 e. The third-order valence-electron chi connectivity index (χ3n) is 0.990. The zero-order valence-corrected chi connectivity index (χ0v) is 12.7. The molecule has 0 aliphatic carbocycles. The molecule has 0 fully saturated rings. The second kappa shape index (κ2) is 9.20. The van der Waals surface area contributed by atoms with E-state index >= 15 is 0 Å². The average Bonchev–Trinajstić information content (AvgIpc) is 2.11. The fourth-order valence-electron chi connectivity index (χ4n) is 0.495. The number of halogens is 5. The summed E-state index contributed by atoms with van der Waals surface area (Å²) in [4.78, 5) is 0. The summed E-state index contributed by atoms with van der Waals surface area (Å²) in [5, 5.41) is 8.89. The van der Waals surface area contributed by atoms with Crippen molar-refractivity contribution in [3.8, 4) is 0 Å². The third-order valence-corrected chi connectivity index (χ3v) is 3.08. The predicted molar refractivity (Wildman–Crippen MR) is 67.7 cm³/mol. The van der Waals surface area contributed by atoms with Gasteiger partial charge in [0.25, 0.3) is 0 Å². The Balaban J connectivity index is 0. The van der Waals surface area contributed by atoms with E-state index in [4.69, 9.17) is 63.1 Å². The molecular weight excluding hydrogens is 308 g/mol. The Kier molecular flexibility index (Phi) is 11.2. The van der Waals surface area contributed by atoms with Crippen LogP contribution in [-0.4, -0.2) is 11.2 Å². The van der Waals surface area contributed by atoms with Gasteiger partial charge in [-0.15, -0.1) is 40.9 Å². The normalized spacial score (nSPS) is 9.31. The van der Waals surface area contributed by atoms with Crippen LogP contribution in [0.4, 0.5) is 0 Å². The van der Waals surface area contributed by atoms with Gasteiger partial charge in [-0.05, 0) is 28.9 Å². The summed E-state index contributed by atoms with van der Waals surface area (Å²) in [6.07, 6.45) is -0.167. The SMILES string of the molecule is CC(C)O.Clc1[c-]c(Cl)c(Cl)c(Cl)c1Cl.[Li+]. The zero-order chi connectivity index (χ0) is 12.2. The van der Waals surface area contributed by atoms with Crippen molar-refractivity contribution in [2.24, 2.45) is 0 Å². The molecule has 1 N–H and O–H groups in total. The van der Waals surface area contributed by atoms with E-state index in [9.17, 15) is 0 Å². The molecule has 0 radical (unpaired) electrons. The van der Waals surface area contributed by atoms with E-state index < -0.39 is 0 Å². The van der Waals surface area contributed by atoms with Gasteiger partial charge in [0.05, 0.1) is 0 Å². The molecule has 0 heterocycles. The summed E-state index contributed by atoms with van der Waals surface area (Å²) < 4.78 is 0. The van der Waals surface area contributed by atoms with Crippen LogP contribution in [0, 0.1) is 6.07 Å². The summed E-state index contributed by atoms with van der Waals surface area (Å²) in [5.74, 6) is 0. The minimum atomic E-state index is -0.167. The molecule has 0 amide bonds. The van der Waals surface area contributed by atoms with Gasteiger partial charge in [0, 0.05) is 6.10 Å². The van der Waals surface area contributed by atoms with Crippen molar-refractivity contribution in [2.75, 3.05) is 0 Å². The van der Waals surface area contributed by atoms with Gasteiger partial charge in [0.15, 0.2) is 0 Å². The maximum atomic E-state index is 8.06. The Hall–Kier alpha value is 1.23. The molecule has 0 aromatic heterocycles. The van der Waals surface area contributed by atoms with Gasteiger partial charge < -0.3 is 5.11 Å². The Labute approximate surface area is 132 Å². The summed E-state index contributed by atoms with van der Waals surface area (Å²) in [5.41, 5.74) is 0. The Morgan fingerprint density at radius 3 is 1.38 bits per heavy atom. The van der Waals surface area contributed by atoms with E-state index in [-0.39, 0.29) is 50.1 Å². The minimum Gasteiger partial charge on any atom is -0.394 e. The molecule has 1 nitrogen and oxygen atoms in total. The first kappa shape index (κ1) is 19.6. The van der Waals surface area contributed by atoms with Crippen LogP contribution in [0.5, 0.6) is 0 Å². The largest absolute Gasteiger partial charge is 1.00 e. The van der Waals surface area contributed by atoms with Crippen LogP contribution in [-0.2, 0) is 0 Å². The summed E-state index contributed by atoms with van der Waals surface area (Å²) in [6.45, 7) is 3.44. The second-order valence-electron chi connectivity index (χ2n) is 2.79. The first-order valence-electron chi connectivity index (χ1n) is 3.86. The second-order valence-corrected chi connectivity index (χ2v) is 4.68. The molecule has 0 unspecified atom stereocenters. The summed E-state index contributed by atoms with van der Waals surface area (Å²) in [7, 11) is 0. The standard InChI is InChI=1S/C6Cl5.C3H8O.Li/c7-2-1-3(8)5(10)6(11)4(2)9;1-3(2)4;/h;3-4H,1-2H3;/q-1;;+1. The number of hydrogen-bond donors (Lipinski definition) is 1. The molecule has 0 bridgehead atoms. The quantitative estimate of drug-likeness (QED) is 0.336. The molecule has 7 heteroatoms. The van der Waals surface area contributed by atoms with Crippen molar-refractivity contribution >= 4 is 58.0 Å². The van der Waals surface area contributed by atoms with E-state index in [0.717, 1.165) is 0 Å². The molecule has 1 rings (SSSR count). The maximum absolute atomic E-state index is 8.06. The molecule has 86 valence electrons. The van der Waals surface area contributed by atoms with Gasteiger partial charge in [0.1, 0.15) is 0 Å². The fourth-order valence-corrected chi connectivity index (χ4v) is 1.54. The van der Waals surface area contributed by atoms with Gasteiger partial charge >= 0.3 is 18.9 Å². The Morgan fingerprint density at radius 2 is 1.12 bits per heavy atom. The Morgan fingerprint density at radius 1 is 0.875 bits per heavy atom. The number of benzene rings is 1. The van der Waals surface area contributed by atoms with Gasteiger partial charge in [-0.1, -0.05) is 10.0 Å². The van der Waals surface area contributed by atoms with Crippen molar-refractivity contribution in [1.82, 2.24) is 0 Å². The van der Waals surface area contributed by atoms with Crippen LogP contribution in [0.3, 0.4) is 0 Å². The van der Waals surface area contributed by atoms with Gasteiger partial charge in [-0.25, -0.2) is 0 Å². The zero-order valence-electron chi connectivity index (χ0n) is 8.91. The van der Waals surface area contributed by atoms with E-state index in [2.05, 4.69) is 6.07 Å². The minimum absolute atomic E-state index is 0. The third kappa shape index (κ3) is 6.84. The van der Waals surface area contributed by atoms with E-state index in [1.807, 2.05) is 0 Å². The monoisotopic (exact) mass is 314 g/mol. The fraction of sp³-hybridized carbons (Fsp3) is 0.333. The summed E-state index contributed by atoms with van der Waals surface area (Å²) >= 11 is 28.0. The molecule has 1 aromatic rings. The van der Waals surface area contributed by atoms with Crippen LogP contribution >= 0.6 is 58.0 Å². The van der Waals surface area contributed by atoms with Crippen molar-refractivity contribution in [3.63, 3.8) is 0 Å². The van der Waals surface area contributed by atoms with Gasteiger partial charge in [-0.3, -0.25) is 0 Å². The molecule has 0 saturated heterocycles. The van der Waals surface area contributed by atoms with Crippen LogP contribution in [0.2, 0.25) is 25.1 Å². The number of hydrogen-bond acceptors (Lipinski definition) is 1. The van der Waals surface area contributed by atoms with Crippen molar-refractivity contribution in [3.05, 3.63) is 31.2 Å². The van der Waals surface area contributed by atoms with Crippen LogP contribution in [0.25, 0.3) is 0 Å². The summed E-state index contributed by atoms with van der Waals surface area (Å²) in [6, 6.07) is 2.53. The molecule has 0 spiro atoms. The molecule has 0 aliphatic rings. The molecule has 0 atom stereocenters. The van der Waals surface area contributed by atoms with Gasteiger partial charge in [0.2, 0.25) is 0 Å². The van der Waals surface area contributed by atoms with Crippen LogP contribution in [0.1, 0.15) is 13.8 Å². The smallest absolute Gasteiger partial charge is 0.394 e. The first-order chi connectivity index (χ1) is 6.77. The number of aliphatic hydroxyl groups excluding tert-OH is 1. The van der Waals surface area contributed by atoms with E-state index in [1.54, 1.807) is 13.8 Å². The van der Waals surface area contributed by atoms with Crippen molar-refractivity contribution in [1.29, 1.82) is 0 Å². The van der Waals surface area contributed by atoms with E-state index in [1.165, 1.54) is 0 Å². The Bertz CT molecular complexity index is 314. The molecule has 1 aromatic carbocycles. The number of rotatable bonds is 0. The van der Waals surface area contributed by atoms with E-state index in [0.29, 0.717) is 0 Å². The van der Waals surface area contributed by atoms with Crippen LogP contribution in [0.15, 0.2) is 0 Å². The van der Waals surface area contributed by atoms with Crippen molar-refractivity contribution < 1.29 is 24.0 Å². The number of aliphatic hydroxyl groups is 1. The molecule has 0 aliphatic heterocycles. The van der Waals surface area contributed by atoms with Crippen molar-refractivity contribution in [2.45, 2.75) is 20.0 Å². The average molecular weight is 316 g/mol. The first-order valence-corrected chi connectivity index (χ1v) is 5.75. The molecule has 0 saturated carbocycles.